The Morgan fingerprint density at radius 2 is 1.85 bits per heavy atom. The van der Waals surface area contributed by atoms with E-state index >= 15 is 0 Å². The van der Waals surface area contributed by atoms with Crippen molar-refractivity contribution in [3.63, 3.8) is 0 Å². The number of carbonyl (C=O) groups is 1. The first-order valence-electron chi connectivity index (χ1n) is 6.64. The predicted octanol–water partition coefficient (Wildman–Crippen LogP) is 3.41. The average molecular weight is 264 g/mol. The molecule has 0 saturated heterocycles. The number of aryl methyl sites for hydroxylation is 1. The third-order valence-corrected chi connectivity index (χ3v) is 3.35. The summed E-state index contributed by atoms with van der Waals surface area (Å²) in [5, 5.41) is 3.97. The molecule has 3 nitrogen and oxygen atoms in total. The van der Waals surface area contributed by atoms with E-state index < -0.39 is 0 Å². The molecular formula is C17H16N2O. The molecule has 0 aliphatic rings. The molecule has 0 aliphatic heterocycles. The van der Waals surface area contributed by atoms with Crippen molar-refractivity contribution in [1.82, 2.24) is 10.3 Å². The van der Waals surface area contributed by atoms with Crippen molar-refractivity contribution in [2.75, 3.05) is 0 Å². The zero-order chi connectivity index (χ0) is 13.9. The van der Waals surface area contributed by atoms with Crippen molar-refractivity contribution in [1.29, 1.82) is 0 Å². The fourth-order valence-electron chi connectivity index (χ4n) is 2.18. The highest BCUT2D eigenvalue weighted by Gasteiger charge is 2.08. The molecule has 0 fully saturated rings. The molecule has 1 amide bonds. The van der Waals surface area contributed by atoms with Crippen LogP contribution in [0, 0.1) is 6.92 Å². The van der Waals surface area contributed by atoms with Crippen LogP contribution in [0.25, 0.3) is 10.9 Å². The van der Waals surface area contributed by atoms with Gasteiger partial charge in [-0.2, -0.15) is 0 Å². The second kappa shape index (κ2) is 5.21. The van der Waals surface area contributed by atoms with Crippen LogP contribution in [0.3, 0.4) is 0 Å². The number of benzene rings is 2. The van der Waals surface area contributed by atoms with Gasteiger partial charge in [0.2, 0.25) is 0 Å². The van der Waals surface area contributed by atoms with E-state index in [9.17, 15) is 4.79 Å². The van der Waals surface area contributed by atoms with Crippen LogP contribution in [0.1, 0.15) is 21.6 Å². The van der Waals surface area contributed by atoms with Crippen LogP contribution in [0.15, 0.2) is 54.6 Å². The summed E-state index contributed by atoms with van der Waals surface area (Å²) >= 11 is 0. The highest BCUT2D eigenvalue weighted by atomic mass is 16.1. The number of nitrogens with one attached hydrogen (secondary N) is 2. The second-order valence-electron chi connectivity index (χ2n) is 4.94. The highest BCUT2D eigenvalue weighted by molar-refractivity contribution is 5.97. The van der Waals surface area contributed by atoms with E-state index in [0.717, 1.165) is 16.5 Å². The third-order valence-electron chi connectivity index (χ3n) is 3.35. The van der Waals surface area contributed by atoms with E-state index in [2.05, 4.69) is 10.3 Å². The second-order valence-corrected chi connectivity index (χ2v) is 4.94. The van der Waals surface area contributed by atoms with Crippen LogP contribution in [-0.4, -0.2) is 10.9 Å². The van der Waals surface area contributed by atoms with E-state index in [0.29, 0.717) is 12.2 Å². The van der Waals surface area contributed by atoms with E-state index in [-0.39, 0.29) is 5.91 Å². The first-order chi connectivity index (χ1) is 9.72. The molecule has 0 radical (unpaired) electrons. The fourth-order valence-corrected chi connectivity index (χ4v) is 2.18. The fraction of sp³-hybridized carbons (Fsp3) is 0.118. The molecule has 0 aliphatic carbocycles. The molecule has 0 saturated carbocycles. The van der Waals surface area contributed by atoms with Crippen molar-refractivity contribution in [2.24, 2.45) is 0 Å². The number of hydrogen-bond donors (Lipinski definition) is 2. The van der Waals surface area contributed by atoms with Crippen LogP contribution < -0.4 is 5.32 Å². The maximum atomic E-state index is 12.1. The van der Waals surface area contributed by atoms with Gasteiger partial charge in [-0.05, 0) is 24.6 Å². The lowest BCUT2D eigenvalue weighted by Gasteiger charge is -2.04. The van der Waals surface area contributed by atoms with Crippen molar-refractivity contribution in [3.05, 3.63) is 71.4 Å². The number of H-pyrrole nitrogens is 1. The lowest BCUT2D eigenvalue weighted by atomic mass is 10.1. The Hall–Kier alpha value is -2.55. The SMILES string of the molecule is Cc1ccc(CNC(=O)c2cc3ccccc3[nH]2)cc1. The Bertz CT molecular complexity index is 708. The number of hydrogen-bond acceptors (Lipinski definition) is 1. The van der Waals surface area contributed by atoms with Gasteiger partial charge >= 0.3 is 0 Å². The zero-order valence-corrected chi connectivity index (χ0v) is 11.3. The number of aromatic nitrogens is 1. The molecule has 0 unspecified atom stereocenters. The van der Waals surface area contributed by atoms with E-state index in [1.165, 1.54) is 5.56 Å². The molecule has 3 aromatic rings. The summed E-state index contributed by atoms with van der Waals surface area (Å²) < 4.78 is 0. The molecule has 2 N–H and O–H groups in total. The molecule has 0 spiro atoms. The topological polar surface area (TPSA) is 44.9 Å². The number of carbonyl (C=O) groups excluding carboxylic acids is 1. The van der Waals surface area contributed by atoms with Gasteiger partial charge in [-0.15, -0.1) is 0 Å². The summed E-state index contributed by atoms with van der Waals surface area (Å²) in [6.07, 6.45) is 0. The van der Waals surface area contributed by atoms with Crippen molar-refractivity contribution < 1.29 is 4.79 Å². The number of para-hydroxylation sites is 1. The monoisotopic (exact) mass is 264 g/mol. The molecule has 0 bridgehead atoms. The molecule has 100 valence electrons. The minimum absolute atomic E-state index is 0.0817. The number of rotatable bonds is 3. The summed E-state index contributed by atoms with van der Waals surface area (Å²) in [7, 11) is 0. The van der Waals surface area contributed by atoms with Gasteiger partial charge in [0.15, 0.2) is 0 Å². The Morgan fingerprint density at radius 3 is 2.60 bits per heavy atom. The van der Waals surface area contributed by atoms with Crippen molar-refractivity contribution in [3.8, 4) is 0 Å². The van der Waals surface area contributed by atoms with Crippen LogP contribution in [0.2, 0.25) is 0 Å². The summed E-state index contributed by atoms with van der Waals surface area (Å²) in [6.45, 7) is 2.58. The Morgan fingerprint density at radius 1 is 1.10 bits per heavy atom. The Kier molecular flexibility index (Phi) is 3.25. The maximum Gasteiger partial charge on any atom is 0.267 e. The van der Waals surface area contributed by atoms with E-state index in [1.807, 2.05) is 61.5 Å². The third kappa shape index (κ3) is 2.57. The lowest BCUT2D eigenvalue weighted by Crippen LogP contribution is -2.23. The van der Waals surface area contributed by atoms with Gasteiger partial charge in [0.05, 0.1) is 0 Å². The normalized spacial score (nSPS) is 10.7. The summed E-state index contributed by atoms with van der Waals surface area (Å²) in [5.74, 6) is -0.0817. The molecule has 0 atom stereocenters. The van der Waals surface area contributed by atoms with Crippen LogP contribution in [0.4, 0.5) is 0 Å². The largest absolute Gasteiger partial charge is 0.351 e. The quantitative estimate of drug-likeness (QED) is 0.748. The minimum atomic E-state index is -0.0817. The average Bonchev–Trinajstić information content (AvgIpc) is 2.90. The number of fused-ring (bicyclic) bond motifs is 1. The Labute approximate surface area is 117 Å². The minimum Gasteiger partial charge on any atom is -0.351 e. The van der Waals surface area contributed by atoms with Gasteiger partial charge in [-0.3, -0.25) is 4.79 Å². The first-order valence-corrected chi connectivity index (χ1v) is 6.64. The van der Waals surface area contributed by atoms with Gasteiger partial charge in [-0.1, -0.05) is 48.0 Å². The predicted molar refractivity (Wildman–Crippen MR) is 80.6 cm³/mol. The Balaban J connectivity index is 1.71. The molecule has 3 heteroatoms. The summed E-state index contributed by atoms with van der Waals surface area (Å²) in [6, 6.07) is 17.9. The van der Waals surface area contributed by atoms with E-state index in [1.54, 1.807) is 0 Å². The summed E-state index contributed by atoms with van der Waals surface area (Å²) in [5.41, 5.74) is 3.89. The van der Waals surface area contributed by atoms with Gasteiger partial charge in [-0.25, -0.2) is 0 Å². The molecule has 3 rings (SSSR count). The number of amides is 1. The van der Waals surface area contributed by atoms with Gasteiger partial charge in [0, 0.05) is 17.4 Å². The van der Waals surface area contributed by atoms with E-state index in [4.69, 9.17) is 0 Å². The van der Waals surface area contributed by atoms with Crippen LogP contribution in [-0.2, 0) is 6.54 Å². The van der Waals surface area contributed by atoms with Gasteiger partial charge in [0.25, 0.3) is 5.91 Å². The molecular weight excluding hydrogens is 248 g/mol. The van der Waals surface area contributed by atoms with Crippen molar-refractivity contribution >= 4 is 16.8 Å². The maximum absolute atomic E-state index is 12.1. The van der Waals surface area contributed by atoms with Crippen molar-refractivity contribution in [2.45, 2.75) is 13.5 Å². The van der Waals surface area contributed by atoms with Gasteiger partial charge in [0.1, 0.15) is 5.69 Å². The van der Waals surface area contributed by atoms with Crippen LogP contribution in [0.5, 0.6) is 0 Å². The highest BCUT2D eigenvalue weighted by Crippen LogP contribution is 2.14. The standard InChI is InChI=1S/C17H16N2O/c1-12-6-8-13(9-7-12)11-18-17(20)16-10-14-4-2-3-5-15(14)19-16/h2-10,19H,11H2,1H3,(H,18,20). The van der Waals surface area contributed by atoms with Gasteiger partial charge < -0.3 is 10.3 Å². The molecule has 2 aromatic carbocycles. The molecule has 20 heavy (non-hydrogen) atoms. The zero-order valence-electron chi connectivity index (χ0n) is 11.3. The molecule has 1 aromatic heterocycles. The lowest BCUT2D eigenvalue weighted by molar-refractivity contribution is 0.0947. The number of aromatic amines is 1. The summed E-state index contributed by atoms with van der Waals surface area (Å²) in [4.78, 5) is 15.2. The smallest absolute Gasteiger partial charge is 0.267 e. The van der Waals surface area contributed by atoms with Crippen LogP contribution >= 0.6 is 0 Å². The molecule has 1 heterocycles. The first kappa shape index (κ1) is 12.5.